The van der Waals surface area contributed by atoms with E-state index in [4.69, 9.17) is 9.15 Å². The first-order chi connectivity index (χ1) is 15.0. The minimum atomic E-state index is -0.636. The number of rotatable bonds is 4. The zero-order valence-electron chi connectivity index (χ0n) is 16.7. The van der Waals surface area contributed by atoms with Crippen molar-refractivity contribution in [3.8, 4) is 5.75 Å². The molecule has 0 bridgehead atoms. The minimum absolute atomic E-state index is 0.0616. The normalized spacial score (nSPS) is 15.5. The third-order valence-corrected chi connectivity index (χ3v) is 6.60. The van der Waals surface area contributed by atoms with Crippen molar-refractivity contribution < 1.29 is 13.9 Å². The van der Waals surface area contributed by atoms with E-state index in [0.29, 0.717) is 28.3 Å². The van der Waals surface area contributed by atoms with Crippen LogP contribution in [0.1, 0.15) is 40.3 Å². The van der Waals surface area contributed by atoms with Gasteiger partial charge in [-0.2, -0.15) is 0 Å². The predicted molar refractivity (Wildman–Crippen MR) is 123 cm³/mol. The number of anilines is 1. The molecule has 3 heterocycles. The second-order valence-corrected chi connectivity index (χ2v) is 8.92. The van der Waals surface area contributed by atoms with Gasteiger partial charge in [-0.15, -0.1) is 11.3 Å². The predicted octanol–water partition coefficient (Wildman–Crippen LogP) is 5.47. The molecule has 0 saturated heterocycles. The van der Waals surface area contributed by atoms with Gasteiger partial charge in [-0.05, 0) is 49.7 Å². The van der Waals surface area contributed by atoms with Crippen LogP contribution in [0.4, 0.5) is 5.13 Å². The van der Waals surface area contributed by atoms with Crippen molar-refractivity contribution in [1.29, 1.82) is 0 Å². The van der Waals surface area contributed by atoms with Gasteiger partial charge >= 0.3 is 0 Å². The SMILES string of the molecule is CCOc1ccc(C2c3c(oc4ccc(Br)cc4c3=O)C(=O)N2c2nc(C)cs2)cc1. The molecule has 0 radical (unpaired) electrons. The second-order valence-electron chi connectivity index (χ2n) is 7.17. The third kappa shape index (κ3) is 3.26. The largest absolute Gasteiger partial charge is 0.494 e. The Kier molecular flexibility index (Phi) is 4.91. The van der Waals surface area contributed by atoms with Gasteiger partial charge in [-0.1, -0.05) is 28.1 Å². The van der Waals surface area contributed by atoms with Crippen LogP contribution in [-0.2, 0) is 0 Å². The summed E-state index contributed by atoms with van der Waals surface area (Å²) in [5.74, 6) is 0.415. The monoisotopic (exact) mass is 496 g/mol. The average molecular weight is 497 g/mol. The maximum absolute atomic E-state index is 13.6. The van der Waals surface area contributed by atoms with E-state index in [9.17, 15) is 9.59 Å². The van der Waals surface area contributed by atoms with Crippen LogP contribution in [-0.4, -0.2) is 17.5 Å². The van der Waals surface area contributed by atoms with E-state index >= 15 is 0 Å². The summed E-state index contributed by atoms with van der Waals surface area (Å²) in [5.41, 5.74) is 2.07. The molecule has 1 aliphatic heterocycles. The number of carbonyl (C=O) groups is 1. The fourth-order valence-corrected chi connectivity index (χ4v) is 5.01. The molecule has 5 rings (SSSR count). The van der Waals surface area contributed by atoms with E-state index in [2.05, 4.69) is 20.9 Å². The van der Waals surface area contributed by atoms with E-state index in [1.54, 1.807) is 23.1 Å². The lowest BCUT2D eigenvalue weighted by Gasteiger charge is -2.22. The number of halogens is 1. The number of benzene rings is 2. The van der Waals surface area contributed by atoms with Crippen LogP contribution in [0.3, 0.4) is 0 Å². The van der Waals surface area contributed by atoms with E-state index < -0.39 is 6.04 Å². The summed E-state index contributed by atoms with van der Waals surface area (Å²) in [7, 11) is 0. The van der Waals surface area contributed by atoms with Gasteiger partial charge < -0.3 is 9.15 Å². The summed E-state index contributed by atoms with van der Waals surface area (Å²) in [4.78, 5) is 33.1. The van der Waals surface area contributed by atoms with E-state index in [0.717, 1.165) is 21.5 Å². The van der Waals surface area contributed by atoms with Crippen LogP contribution >= 0.6 is 27.3 Å². The maximum atomic E-state index is 13.6. The van der Waals surface area contributed by atoms with E-state index in [1.807, 2.05) is 43.5 Å². The average Bonchev–Trinajstić information content (AvgIpc) is 3.31. The van der Waals surface area contributed by atoms with E-state index in [-0.39, 0.29) is 17.1 Å². The van der Waals surface area contributed by atoms with Gasteiger partial charge in [0.1, 0.15) is 11.3 Å². The fourth-order valence-electron chi connectivity index (χ4n) is 3.82. The third-order valence-electron chi connectivity index (χ3n) is 5.15. The number of aromatic nitrogens is 1. The summed E-state index contributed by atoms with van der Waals surface area (Å²) in [6.45, 7) is 4.34. The van der Waals surface area contributed by atoms with Crippen molar-refractivity contribution in [3.05, 3.63) is 85.1 Å². The number of thiazole rings is 1. The van der Waals surface area contributed by atoms with Crippen LogP contribution in [0.15, 0.2) is 61.5 Å². The highest BCUT2D eigenvalue weighted by atomic mass is 79.9. The van der Waals surface area contributed by atoms with Crippen molar-refractivity contribution in [3.63, 3.8) is 0 Å². The molecule has 0 fully saturated rings. The molecule has 4 aromatic rings. The molecule has 0 N–H and O–H groups in total. The molecule has 6 nitrogen and oxygen atoms in total. The topological polar surface area (TPSA) is 72.6 Å². The lowest BCUT2D eigenvalue weighted by molar-refractivity contribution is 0.0971. The number of nitrogens with zero attached hydrogens (tertiary/aromatic N) is 2. The van der Waals surface area contributed by atoms with Crippen LogP contribution in [0.5, 0.6) is 5.75 Å². The molecule has 2 aromatic heterocycles. The number of aryl methyl sites for hydroxylation is 1. The van der Waals surface area contributed by atoms with E-state index in [1.165, 1.54) is 11.3 Å². The second kappa shape index (κ2) is 7.62. The molecule has 8 heteroatoms. The van der Waals surface area contributed by atoms with Gasteiger partial charge in [0.05, 0.1) is 29.3 Å². The highest BCUT2D eigenvalue weighted by Crippen LogP contribution is 2.42. The van der Waals surface area contributed by atoms with Crippen molar-refractivity contribution >= 4 is 49.3 Å². The van der Waals surface area contributed by atoms with Crippen molar-refractivity contribution in [2.75, 3.05) is 11.5 Å². The van der Waals surface area contributed by atoms with Gasteiger partial charge in [-0.25, -0.2) is 4.98 Å². The zero-order chi connectivity index (χ0) is 21.7. The Morgan fingerprint density at radius 1 is 1.19 bits per heavy atom. The van der Waals surface area contributed by atoms with Gasteiger partial charge in [0.2, 0.25) is 5.76 Å². The van der Waals surface area contributed by atoms with Crippen molar-refractivity contribution in [1.82, 2.24) is 4.98 Å². The Hall–Kier alpha value is -2.97. The van der Waals surface area contributed by atoms with Crippen LogP contribution in [0.2, 0.25) is 0 Å². The summed E-state index contributed by atoms with van der Waals surface area (Å²) >= 11 is 4.77. The maximum Gasteiger partial charge on any atom is 0.297 e. The first kappa shape index (κ1) is 20.0. The van der Waals surface area contributed by atoms with Gasteiger partial charge in [-0.3, -0.25) is 14.5 Å². The lowest BCUT2D eigenvalue weighted by Crippen LogP contribution is -2.29. The number of hydrogen-bond acceptors (Lipinski definition) is 6. The van der Waals surface area contributed by atoms with Gasteiger partial charge in [0, 0.05) is 9.85 Å². The highest BCUT2D eigenvalue weighted by molar-refractivity contribution is 9.10. The van der Waals surface area contributed by atoms with Crippen LogP contribution in [0.25, 0.3) is 11.0 Å². The standard InChI is InChI=1S/C23H17BrN2O4S/c1-3-29-15-7-4-13(5-8-15)19-18-20(27)16-10-14(24)6-9-17(16)30-21(18)22(28)26(19)23-25-12(2)11-31-23/h4-11,19H,3H2,1-2H3. The molecule has 1 unspecified atom stereocenters. The Morgan fingerprint density at radius 3 is 2.65 bits per heavy atom. The Bertz CT molecular complexity index is 1380. The quantitative estimate of drug-likeness (QED) is 0.374. The van der Waals surface area contributed by atoms with Crippen molar-refractivity contribution in [2.24, 2.45) is 0 Å². The van der Waals surface area contributed by atoms with Gasteiger partial charge in [0.15, 0.2) is 10.6 Å². The minimum Gasteiger partial charge on any atom is -0.494 e. The van der Waals surface area contributed by atoms with Crippen molar-refractivity contribution in [2.45, 2.75) is 19.9 Å². The molecule has 1 aliphatic rings. The molecular formula is C23H17BrN2O4S. The molecule has 31 heavy (non-hydrogen) atoms. The smallest absolute Gasteiger partial charge is 0.297 e. The highest BCUT2D eigenvalue weighted by Gasteiger charge is 2.44. The number of carbonyl (C=O) groups excluding carboxylic acids is 1. The fraction of sp³-hybridized carbons (Fsp3) is 0.174. The number of amides is 1. The number of hydrogen-bond donors (Lipinski definition) is 0. The molecular weight excluding hydrogens is 480 g/mol. The summed E-state index contributed by atoms with van der Waals surface area (Å²) < 4.78 is 12.3. The van der Waals surface area contributed by atoms with Crippen LogP contribution < -0.4 is 15.1 Å². The molecule has 0 spiro atoms. The zero-order valence-corrected chi connectivity index (χ0v) is 19.1. The molecule has 1 amide bonds. The first-order valence-corrected chi connectivity index (χ1v) is 11.4. The number of fused-ring (bicyclic) bond motifs is 2. The molecule has 0 aliphatic carbocycles. The van der Waals surface area contributed by atoms with Crippen LogP contribution in [0, 0.1) is 6.92 Å². The number of ether oxygens (including phenoxy) is 1. The summed E-state index contributed by atoms with van der Waals surface area (Å²) in [5, 5.41) is 2.83. The first-order valence-electron chi connectivity index (χ1n) is 9.72. The Morgan fingerprint density at radius 2 is 1.97 bits per heavy atom. The molecule has 0 saturated carbocycles. The Labute approximate surface area is 190 Å². The Balaban J connectivity index is 1.76. The molecule has 156 valence electrons. The molecule has 1 atom stereocenters. The molecule has 2 aromatic carbocycles. The van der Waals surface area contributed by atoms with Gasteiger partial charge in [0.25, 0.3) is 5.91 Å². The summed E-state index contributed by atoms with van der Waals surface area (Å²) in [6.07, 6.45) is 0. The summed E-state index contributed by atoms with van der Waals surface area (Å²) in [6, 6.07) is 12.0. The lowest BCUT2D eigenvalue weighted by atomic mass is 9.98.